The molecular formula is C28H25FN4O3. The van der Waals surface area contributed by atoms with E-state index in [4.69, 9.17) is 0 Å². The van der Waals surface area contributed by atoms with Gasteiger partial charge in [-0.05, 0) is 29.3 Å². The highest BCUT2D eigenvalue weighted by molar-refractivity contribution is 6.04. The highest BCUT2D eigenvalue weighted by Crippen LogP contribution is 2.17. The van der Waals surface area contributed by atoms with Crippen LogP contribution in [0.1, 0.15) is 21.6 Å². The van der Waals surface area contributed by atoms with E-state index in [2.05, 4.69) is 5.10 Å². The summed E-state index contributed by atoms with van der Waals surface area (Å²) >= 11 is 0. The molecule has 0 saturated carbocycles. The molecule has 182 valence electrons. The molecule has 1 aliphatic heterocycles. The van der Waals surface area contributed by atoms with Crippen LogP contribution in [0.5, 0.6) is 0 Å². The summed E-state index contributed by atoms with van der Waals surface area (Å²) < 4.78 is 14.5. The summed E-state index contributed by atoms with van der Waals surface area (Å²) in [6, 6.07) is 22.4. The zero-order valence-electron chi connectivity index (χ0n) is 19.6. The zero-order chi connectivity index (χ0) is 25.1. The monoisotopic (exact) mass is 484 g/mol. The molecule has 5 rings (SSSR count). The van der Waals surface area contributed by atoms with E-state index < -0.39 is 0 Å². The highest BCUT2D eigenvalue weighted by Gasteiger charge is 2.27. The van der Waals surface area contributed by atoms with Gasteiger partial charge in [-0.3, -0.25) is 14.4 Å². The van der Waals surface area contributed by atoms with Crippen molar-refractivity contribution in [2.24, 2.45) is 0 Å². The van der Waals surface area contributed by atoms with Crippen molar-refractivity contribution in [1.82, 2.24) is 19.6 Å². The van der Waals surface area contributed by atoms with Crippen LogP contribution in [-0.2, 0) is 17.8 Å². The molecule has 2 amide bonds. The summed E-state index contributed by atoms with van der Waals surface area (Å²) in [6.45, 7) is 1.78. The van der Waals surface area contributed by atoms with Crippen LogP contribution < -0.4 is 5.56 Å². The van der Waals surface area contributed by atoms with Gasteiger partial charge in [0.25, 0.3) is 11.5 Å². The average molecular weight is 485 g/mol. The van der Waals surface area contributed by atoms with Crippen molar-refractivity contribution in [3.63, 3.8) is 0 Å². The Balaban J connectivity index is 1.34. The fourth-order valence-corrected chi connectivity index (χ4v) is 4.45. The molecule has 7 nitrogen and oxygen atoms in total. The minimum Gasteiger partial charge on any atom is -0.339 e. The van der Waals surface area contributed by atoms with Gasteiger partial charge in [0.15, 0.2) is 5.69 Å². The Bertz CT molecular complexity index is 1460. The molecule has 0 radical (unpaired) electrons. The van der Waals surface area contributed by atoms with Crippen molar-refractivity contribution in [3.05, 3.63) is 112 Å². The number of hydrogen-bond acceptors (Lipinski definition) is 4. The third-order valence-electron chi connectivity index (χ3n) is 6.43. The number of halogens is 1. The van der Waals surface area contributed by atoms with Gasteiger partial charge in [-0.1, -0.05) is 60.7 Å². The molecule has 4 aromatic rings. The lowest BCUT2D eigenvalue weighted by Crippen LogP contribution is -2.51. The van der Waals surface area contributed by atoms with Gasteiger partial charge in [-0.15, -0.1) is 0 Å². The molecule has 1 saturated heterocycles. The molecule has 0 spiro atoms. The molecule has 36 heavy (non-hydrogen) atoms. The SMILES string of the molecule is O=C(Cc1ccc(F)cc1)N1CCN(C(=O)c2nn(Cc3ccccc3)c(=O)c3ccccc23)CC1. The highest BCUT2D eigenvalue weighted by atomic mass is 19.1. The van der Waals surface area contributed by atoms with Crippen LogP contribution in [0.2, 0.25) is 0 Å². The van der Waals surface area contributed by atoms with E-state index in [1.807, 2.05) is 30.3 Å². The van der Waals surface area contributed by atoms with Crippen molar-refractivity contribution in [1.29, 1.82) is 0 Å². The Hall–Kier alpha value is -4.33. The van der Waals surface area contributed by atoms with E-state index in [9.17, 15) is 18.8 Å². The Morgan fingerprint density at radius 2 is 1.36 bits per heavy atom. The summed E-state index contributed by atoms with van der Waals surface area (Å²) in [5.74, 6) is -0.665. The predicted molar refractivity (Wildman–Crippen MR) is 134 cm³/mol. The number of piperazine rings is 1. The number of fused-ring (bicyclic) bond motifs is 1. The van der Waals surface area contributed by atoms with E-state index in [0.717, 1.165) is 11.1 Å². The van der Waals surface area contributed by atoms with Crippen LogP contribution in [-0.4, -0.2) is 57.6 Å². The number of nitrogens with zero attached hydrogens (tertiary/aromatic N) is 4. The topological polar surface area (TPSA) is 75.5 Å². The minimum absolute atomic E-state index is 0.0614. The molecule has 1 aromatic heterocycles. The van der Waals surface area contributed by atoms with Gasteiger partial charge in [-0.25, -0.2) is 9.07 Å². The number of rotatable bonds is 5. The van der Waals surface area contributed by atoms with Crippen LogP contribution in [0.15, 0.2) is 83.7 Å². The standard InChI is InChI=1S/C28H25FN4O3/c29-22-12-10-20(11-13-22)18-25(34)31-14-16-32(17-15-31)28(36)26-23-8-4-5-9-24(23)27(35)33(30-26)19-21-6-2-1-3-7-21/h1-13H,14-19H2. The minimum atomic E-state index is -0.338. The lowest BCUT2D eigenvalue weighted by atomic mass is 10.1. The van der Waals surface area contributed by atoms with Gasteiger partial charge in [0.05, 0.1) is 18.4 Å². The second kappa shape index (κ2) is 10.1. The molecule has 1 fully saturated rings. The summed E-state index contributed by atoms with van der Waals surface area (Å²) in [5.41, 5.74) is 1.64. The Morgan fingerprint density at radius 1 is 0.750 bits per heavy atom. The van der Waals surface area contributed by atoms with Gasteiger partial charge in [0.1, 0.15) is 5.82 Å². The molecule has 1 aliphatic rings. The second-order valence-corrected chi connectivity index (χ2v) is 8.82. The maximum Gasteiger partial charge on any atom is 0.275 e. The zero-order valence-corrected chi connectivity index (χ0v) is 19.6. The first-order valence-corrected chi connectivity index (χ1v) is 11.8. The van der Waals surface area contributed by atoms with E-state index in [1.165, 1.54) is 16.8 Å². The number of carbonyl (C=O) groups is 2. The fourth-order valence-electron chi connectivity index (χ4n) is 4.45. The molecule has 0 N–H and O–H groups in total. The number of amides is 2. The van der Waals surface area contributed by atoms with Crippen molar-refractivity contribution >= 4 is 22.6 Å². The average Bonchev–Trinajstić information content (AvgIpc) is 2.92. The Kier molecular flexibility index (Phi) is 6.58. The van der Waals surface area contributed by atoms with E-state index >= 15 is 0 Å². The summed E-state index contributed by atoms with van der Waals surface area (Å²) in [5, 5.41) is 5.45. The van der Waals surface area contributed by atoms with E-state index in [0.29, 0.717) is 37.0 Å². The van der Waals surface area contributed by atoms with Crippen molar-refractivity contribution in [3.8, 4) is 0 Å². The Labute approximate surface area is 207 Å². The van der Waals surface area contributed by atoms with Gasteiger partial charge in [0.2, 0.25) is 5.91 Å². The molecule has 0 atom stereocenters. The summed E-state index contributed by atoms with van der Waals surface area (Å²) in [6.07, 6.45) is 0.185. The summed E-state index contributed by atoms with van der Waals surface area (Å²) in [4.78, 5) is 42.7. The quantitative estimate of drug-likeness (QED) is 0.436. The lowest BCUT2D eigenvalue weighted by Gasteiger charge is -2.34. The third-order valence-corrected chi connectivity index (χ3v) is 6.43. The third kappa shape index (κ3) is 4.88. The van der Waals surface area contributed by atoms with Crippen LogP contribution in [0.25, 0.3) is 10.8 Å². The molecule has 2 heterocycles. The van der Waals surface area contributed by atoms with Crippen molar-refractivity contribution < 1.29 is 14.0 Å². The maximum atomic E-state index is 13.5. The first kappa shape index (κ1) is 23.4. The molecule has 0 aliphatic carbocycles. The molecule has 0 bridgehead atoms. The maximum absolute atomic E-state index is 13.5. The lowest BCUT2D eigenvalue weighted by molar-refractivity contribution is -0.131. The first-order valence-electron chi connectivity index (χ1n) is 11.8. The smallest absolute Gasteiger partial charge is 0.275 e. The second-order valence-electron chi connectivity index (χ2n) is 8.82. The number of aromatic nitrogens is 2. The van der Waals surface area contributed by atoms with Crippen LogP contribution in [0.4, 0.5) is 4.39 Å². The van der Waals surface area contributed by atoms with Gasteiger partial charge < -0.3 is 9.80 Å². The number of hydrogen-bond donors (Lipinski definition) is 0. The first-order chi connectivity index (χ1) is 17.5. The molecular weight excluding hydrogens is 459 g/mol. The van der Waals surface area contributed by atoms with E-state index in [1.54, 1.807) is 46.2 Å². The van der Waals surface area contributed by atoms with Crippen molar-refractivity contribution in [2.45, 2.75) is 13.0 Å². The largest absolute Gasteiger partial charge is 0.339 e. The van der Waals surface area contributed by atoms with Crippen LogP contribution in [0, 0.1) is 5.82 Å². The molecule has 0 unspecified atom stereocenters. The normalized spacial score (nSPS) is 13.7. The predicted octanol–water partition coefficient (Wildman–Crippen LogP) is 3.11. The molecule has 3 aromatic carbocycles. The fraction of sp³-hybridized carbons (Fsp3) is 0.214. The number of carbonyl (C=O) groups excluding carboxylic acids is 2. The van der Waals surface area contributed by atoms with E-state index in [-0.39, 0.29) is 41.9 Å². The summed E-state index contributed by atoms with van der Waals surface area (Å²) in [7, 11) is 0. The number of benzene rings is 3. The Morgan fingerprint density at radius 3 is 2.06 bits per heavy atom. The van der Waals surface area contributed by atoms with Gasteiger partial charge in [0, 0.05) is 31.6 Å². The molecule has 8 heteroatoms. The van der Waals surface area contributed by atoms with Crippen LogP contribution >= 0.6 is 0 Å². The van der Waals surface area contributed by atoms with Crippen molar-refractivity contribution in [2.75, 3.05) is 26.2 Å². The van der Waals surface area contributed by atoms with Crippen LogP contribution in [0.3, 0.4) is 0 Å². The van der Waals surface area contributed by atoms with Gasteiger partial charge >= 0.3 is 0 Å². The van der Waals surface area contributed by atoms with Gasteiger partial charge in [-0.2, -0.15) is 5.10 Å².